The molecule has 60 heavy (non-hydrogen) atoms. The average Bonchev–Trinajstić information content (AvgIpc) is 3.49. The second kappa shape index (κ2) is 18.7. The summed E-state index contributed by atoms with van der Waals surface area (Å²) in [5, 5.41) is 5.62. The number of imide groups is 1. The first-order valence-electron chi connectivity index (χ1n) is 18.5. The van der Waals surface area contributed by atoms with Crippen LogP contribution in [-0.4, -0.2) is 71.3 Å². The maximum absolute atomic E-state index is 13.7. The molecule has 6 rings (SSSR count). The van der Waals surface area contributed by atoms with Crippen LogP contribution < -0.4 is 10.6 Å². The summed E-state index contributed by atoms with van der Waals surface area (Å²) in [6, 6.07) is 27.5. The molecule has 0 aromatic heterocycles. The second-order valence-electron chi connectivity index (χ2n) is 13.9. The normalized spacial score (nSPS) is 12.4. The highest BCUT2D eigenvalue weighted by Gasteiger charge is 2.44. The van der Waals surface area contributed by atoms with E-state index < -0.39 is 66.4 Å². The lowest BCUT2D eigenvalue weighted by atomic mass is 10.0. The van der Waals surface area contributed by atoms with Crippen LogP contribution in [0.2, 0.25) is 10.0 Å². The smallest absolute Gasteiger partial charge is 0.338 e. The third-order valence-corrected chi connectivity index (χ3v) is 9.65. The fourth-order valence-electron chi connectivity index (χ4n) is 6.36. The number of benzene rings is 5. The molecular weight excluding hydrogens is 813 g/mol. The van der Waals surface area contributed by atoms with E-state index in [4.69, 9.17) is 32.7 Å². The Balaban J connectivity index is 1.09. The molecule has 2 N–H and O–H groups in total. The Morgan fingerprint density at radius 1 is 0.583 bits per heavy atom. The van der Waals surface area contributed by atoms with E-state index in [1.54, 1.807) is 74.5 Å². The van der Waals surface area contributed by atoms with Gasteiger partial charge in [-0.05, 0) is 66.9 Å². The molecule has 0 fully saturated rings. The third kappa shape index (κ3) is 9.83. The first-order chi connectivity index (χ1) is 28.7. The van der Waals surface area contributed by atoms with Crippen molar-refractivity contribution < 1.29 is 47.8 Å². The van der Waals surface area contributed by atoms with Crippen LogP contribution in [0.4, 0.5) is 11.4 Å². The summed E-state index contributed by atoms with van der Waals surface area (Å²) in [6.45, 7) is 1.94. The molecule has 1 heterocycles. The number of anilines is 2. The van der Waals surface area contributed by atoms with Gasteiger partial charge in [-0.25, -0.2) is 9.59 Å². The molecule has 0 unspecified atom stereocenters. The van der Waals surface area contributed by atoms with Gasteiger partial charge in [-0.1, -0.05) is 97.7 Å². The minimum Gasteiger partial charge on any atom is -0.454 e. The van der Waals surface area contributed by atoms with E-state index in [1.165, 1.54) is 48.5 Å². The lowest BCUT2D eigenvalue weighted by Crippen LogP contribution is -2.46. The topological polar surface area (TPSA) is 182 Å². The predicted octanol–water partition coefficient (Wildman–Crippen LogP) is 7.44. The molecule has 1 aliphatic heterocycles. The fraction of sp³-hybridized carbons (Fsp3) is 0.156. The number of hydrogen-bond acceptors (Lipinski definition) is 10. The number of nitrogens with zero attached hydrogens (tertiary/aromatic N) is 1. The minimum atomic E-state index is -1.44. The van der Waals surface area contributed by atoms with Crippen molar-refractivity contribution in [2.24, 2.45) is 5.92 Å². The van der Waals surface area contributed by atoms with Crippen LogP contribution in [0.3, 0.4) is 0 Å². The van der Waals surface area contributed by atoms with Gasteiger partial charge in [-0.3, -0.25) is 33.7 Å². The number of rotatable bonds is 15. The molecule has 0 saturated carbocycles. The van der Waals surface area contributed by atoms with E-state index >= 15 is 0 Å². The van der Waals surface area contributed by atoms with Gasteiger partial charge in [0.2, 0.25) is 0 Å². The van der Waals surface area contributed by atoms with Crippen LogP contribution >= 0.6 is 23.2 Å². The van der Waals surface area contributed by atoms with Crippen molar-refractivity contribution >= 4 is 81.7 Å². The summed E-state index contributed by atoms with van der Waals surface area (Å²) >= 11 is 12.3. The Labute approximate surface area is 353 Å². The van der Waals surface area contributed by atoms with Crippen molar-refractivity contribution in [3.63, 3.8) is 0 Å². The van der Waals surface area contributed by atoms with Crippen molar-refractivity contribution in [3.05, 3.63) is 164 Å². The molecule has 1 aliphatic rings. The molecule has 0 aliphatic carbocycles. The minimum absolute atomic E-state index is 0.0187. The highest BCUT2D eigenvalue weighted by Crippen LogP contribution is 2.30. The zero-order chi connectivity index (χ0) is 43.1. The van der Waals surface area contributed by atoms with Crippen LogP contribution in [0.25, 0.3) is 0 Å². The lowest BCUT2D eigenvalue weighted by molar-refractivity contribution is -0.151. The van der Waals surface area contributed by atoms with Crippen LogP contribution in [0.5, 0.6) is 0 Å². The number of carbonyl (C=O) groups is 8. The van der Waals surface area contributed by atoms with Gasteiger partial charge < -0.3 is 20.1 Å². The number of nitrogens with one attached hydrogen (secondary N) is 2. The van der Waals surface area contributed by atoms with Gasteiger partial charge in [0.1, 0.15) is 6.04 Å². The Kier molecular flexibility index (Phi) is 13.3. The van der Waals surface area contributed by atoms with E-state index in [9.17, 15) is 38.4 Å². The highest BCUT2D eigenvalue weighted by molar-refractivity contribution is 6.32. The zero-order valence-electron chi connectivity index (χ0n) is 32.0. The largest absolute Gasteiger partial charge is 0.454 e. The first kappa shape index (κ1) is 42.6. The van der Waals surface area contributed by atoms with E-state index in [0.29, 0.717) is 11.1 Å². The molecule has 0 radical (unpaired) electrons. The summed E-state index contributed by atoms with van der Waals surface area (Å²) in [4.78, 5) is 107. The molecule has 5 aromatic carbocycles. The number of amides is 4. The van der Waals surface area contributed by atoms with Crippen LogP contribution in [-0.2, 0) is 23.9 Å². The molecule has 4 amide bonds. The third-order valence-electron chi connectivity index (χ3n) is 9.18. The lowest BCUT2D eigenvalue weighted by Gasteiger charge is -2.25. The maximum Gasteiger partial charge on any atom is 0.338 e. The summed E-state index contributed by atoms with van der Waals surface area (Å²) in [7, 11) is 0. The van der Waals surface area contributed by atoms with Crippen molar-refractivity contribution in [3.8, 4) is 0 Å². The molecule has 0 spiro atoms. The van der Waals surface area contributed by atoms with Crippen LogP contribution in [0.1, 0.15) is 83.2 Å². The van der Waals surface area contributed by atoms with Gasteiger partial charge in [0.25, 0.3) is 23.6 Å². The molecule has 15 heteroatoms. The predicted molar refractivity (Wildman–Crippen MR) is 221 cm³/mol. The summed E-state index contributed by atoms with van der Waals surface area (Å²) in [5.41, 5.74) is 0.747. The number of hydrogen-bond donors (Lipinski definition) is 2. The molecule has 1 atom stereocenters. The SMILES string of the molecule is CC(C)C[C@H](C(=O)OCC(=O)Nc1ccc(Cl)cc1C(=O)c1ccccc1)N1C(=O)c2ccc(C(=O)OCC(=O)Nc3ccc(Cl)cc3C(=O)c3ccccc3)cc2C1=O. The van der Waals surface area contributed by atoms with E-state index in [2.05, 4.69) is 10.6 Å². The Morgan fingerprint density at radius 3 is 1.57 bits per heavy atom. The highest BCUT2D eigenvalue weighted by atomic mass is 35.5. The van der Waals surface area contributed by atoms with Crippen molar-refractivity contribution in [1.82, 2.24) is 4.90 Å². The first-order valence-corrected chi connectivity index (χ1v) is 19.2. The summed E-state index contributed by atoms with van der Waals surface area (Å²) in [6.07, 6.45) is -0.0187. The number of ether oxygens (including phenoxy) is 2. The van der Waals surface area contributed by atoms with E-state index in [-0.39, 0.29) is 61.6 Å². The molecular formula is C45H35Cl2N3O10. The average molecular weight is 849 g/mol. The fourth-order valence-corrected chi connectivity index (χ4v) is 6.70. The summed E-state index contributed by atoms with van der Waals surface area (Å²) < 4.78 is 10.5. The molecule has 13 nitrogen and oxygen atoms in total. The molecule has 5 aromatic rings. The number of ketones is 2. The number of esters is 2. The Morgan fingerprint density at radius 2 is 1.07 bits per heavy atom. The Hall–Kier alpha value is -6.96. The zero-order valence-corrected chi connectivity index (χ0v) is 33.5. The van der Waals surface area contributed by atoms with Gasteiger partial charge >= 0.3 is 11.9 Å². The van der Waals surface area contributed by atoms with Crippen molar-refractivity contribution in [2.75, 3.05) is 23.8 Å². The molecule has 304 valence electrons. The standard InChI is InChI=1S/C45H35Cl2N3O10/c1-25(2)19-37(45(58)60-24-39(52)49-36-18-15-30(47)22-34(36)41(54)27-11-7-4-8-12-27)50-42(55)31-16-13-28(20-32(31)43(50)56)44(57)59-23-38(51)48-35-17-14-29(46)21-33(35)40(53)26-9-5-3-6-10-26/h3-18,20-22,25,37H,19,23-24H2,1-2H3,(H,48,51)(H,49,52)/t37-/m1/s1. The maximum atomic E-state index is 13.7. The van der Waals surface area contributed by atoms with Crippen molar-refractivity contribution in [2.45, 2.75) is 26.3 Å². The van der Waals surface area contributed by atoms with Crippen LogP contribution in [0.15, 0.2) is 115 Å². The molecule has 0 bridgehead atoms. The van der Waals surface area contributed by atoms with Gasteiger partial charge in [0, 0.05) is 32.3 Å². The quantitative estimate of drug-likeness (QED) is 0.0610. The second-order valence-corrected chi connectivity index (χ2v) is 14.8. The van der Waals surface area contributed by atoms with Crippen molar-refractivity contribution in [1.29, 1.82) is 0 Å². The van der Waals surface area contributed by atoms with E-state index in [1.807, 2.05) is 0 Å². The van der Waals surface area contributed by atoms with Gasteiger partial charge in [0.05, 0.1) is 28.1 Å². The summed E-state index contributed by atoms with van der Waals surface area (Å²) in [5.74, 6) is -6.35. The number of fused-ring (bicyclic) bond motifs is 1. The van der Waals surface area contributed by atoms with Gasteiger partial charge in [-0.15, -0.1) is 0 Å². The van der Waals surface area contributed by atoms with E-state index in [0.717, 1.165) is 11.0 Å². The van der Waals surface area contributed by atoms with Gasteiger partial charge in [-0.2, -0.15) is 0 Å². The number of halogens is 2. The van der Waals surface area contributed by atoms with Gasteiger partial charge in [0.15, 0.2) is 24.8 Å². The number of carbonyl (C=O) groups excluding carboxylic acids is 8. The van der Waals surface area contributed by atoms with Crippen LogP contribution in [0, 0.1) is 5.92 Å². The monoisotopic (exact) mass is 847 g/mol. The molecule has 0 saturated heterocycles. The Bertz CT molecular complexity index is 2540.